The van der Waals surface area contributed by atoms with Crippen molar-refractivity contribution in [3.8, 4) is 0 Å². The molecule has 0 atom stereocenters. The van der Waals surface area contributed by atoms with Crippen LogP contribution in [0, 0.1) is 19.8 Å². The second-order valence-electron chi connectivity index (χ2n) is 4.30. The van der Waals surface area contributed by atoms with E-state index in [1.54, 1.807) is 0 Å². The number of aryl methyl sites for hydroxylation is 2. The van der Waals surface area contributed by atoms with E-state index < -0.39 is 0 Å². The number of anilines is 1. The second-order valence-corrected chi connectivity index (χ2v) is 5.49. The van der Waals surface area contributed by atoms with E-state index in [2.05, 4.69) is 23.7 Å². The normalized spacial score (nSPS) is 18.5. The lowest BCUT2D eigenvalue weighted by Gasteiger charge is -2.31. The van der Waals surface area contributed by atoms with Gasteiger partial charge in [0.15, 0.2) is 5.13 Å². The highest BCUT2D eigenvalue weighted by Gasteiger charge is 2.20. The third-order valence-electron chi connectivity index (χ3n) is 3.24. The Hall–Kier alpha value is -0.610. The van der Waals surface area contributed by atoms with Crippen LogP contribution in [0.1, 0.15) is 23.4 Å². The van der Waals surface area contributed by atoms with Gasteiger partial charge in [-0.15, -0.1) is 11.3 Å². The predicted molar refractivity (Wildman–Crippen MR) is 65.6 cm³/mol. The first kappa shape index (κ1) is 10.9. The lowest BCUT2D eigenvalue weighted by molar-refractivity contribution is 0.414. The third-order valence-corrected chi connectivity index (χ3v) is 4.37. The smallest absolute Gasteiger partial charge is 0.185 e. The highest BCUT2D eigenvalue weighted by atomic mass is 32.1. The molecule has 4 heteroatoms. The Bertz CT molecular complexity index is 307. The minimum Gasteiger partial charge on any atom is -0.348 e. The molecule has 1 aromatic heterocycles. The molecule has 0 amide bonds. The van der Waals surface area contributed by atoms with Gasteiger partial charge in [-0.05, 0) is 39.2 Å². The Morgan fingerprint density at radius 1 is 1.40 bits per heavy atom. The van der Waals surface area contributed by atoms with Gasteiger partial charge in [0.25, 0.3) is 0 Å². The monoisotopic (exact) mass is 225 g/mol. The van der Waals surface area contributed by atoms with Crippen molar-refractivity contribution in [3.05, 3.63) is 10.6 Å². The number of aromatic nitrogens is 1. The van der Waals surface area contributed by atoms with Crippen molar-refractivity contribution >= 4 is 16.5 Å². The van der Waals surface area contributed by atoms with Crippen molar-refractivity contribution in [1.29, 1.82) is 0 Å². The topological polar surface area (TPSA) is 42.2 Å². The van der Waals surface area contributed by atoms with Crippen LogP contribution < -0.4 is 10.6 Å². The van der Waals surface area contributed by atoms with Crippen molar-refractivity contribution in [2.24, 2.45) is 11.7 Å². The first-order chi connectivity index (χ1) is 7.20. The van der Waals surface area contributed by atoms with Crippen LogP contribution in [-0.2, 0) is 0 Å². The average Bonchev–Trinajstić information content (AvgIpc) is 2.59. The number of rotatable bonds is 2. The Morgan fingerprint density at radius 3 is 2.53 bits per heavy atom. The summed E-state index contributed by atoms with van der Waals surface area (Å²) in [5, 5.41) is 1.19. The van der Waals surface area contributed by atoms with Gasteiger partial charge in [-0.3, -0.25) is 0 Å². The highest BCUT2D eigenvalue weighted by molar-refractivity contribution is 7.15. The van der Waals surface area contributed by atoms with E-state index in [0.717, 1.165) is 25.6 Å². The predicted octanol–water partition coefficient (Wildman–Crippen LogP) is 1.94. The number of hydrogen-bond acceptors (Lipinski definition) is 4. The minimum absolute atomic E-state index is 0.725. The van der Waals surface area contributed by atoms with E-state index in [4.69, 9.17) is 5.73 Å². The Morgan fingerprint density at radius 2 is 2.07 bits per heavy atom. The van der Waals surface area contributed by atoms with Crippen molar-refractivity contribution in [3.63, 3.8) is 0 Å². The molecule has 0 aliphatic carbocycles. The number of nitrogens with two attached hydrogens (primary N) is 1. The van der Waals surface area contributed by atoms with E-state index >= 15 is 0 Å². The van der Waals surface area contributed by atoms with Gasteiger partial charge in [0.05, 0.1) is 5.69 Å². The van der Waals surface area contributed by atoms with Gasteiger partial charge in [-0.2, -0.15) is 0 Å². The Balaban J connectivity index is 2.01. The van der Waals surface area contributed by atoms with E-state index in [9.17, 15) is 0 Å². The molecule has 1 fully saturated rings. The largest absolute Gasteiger partial charge is 0.348 e. The van der Waals surface area contributed by atoms with Crippen LogP contribution in [0.2, 0.25) is 0 Å². The van der Waals surface area contributed by atoms with E-state index in [1.807, 2.05) is 11.3 Å². The molecule has 1 aliphatic rings. The van der Waals surface area contributed by atoms with Crippen LogP contribution in [0.4, 0.5) is 5.13 Å². The average molecular weight is 225 g/mol. The van der Waals surface area contributed by atoms with Crippen LogP contribution in [-0.4, -0.2) is 24.6 Å². The first-order valence-electron chi connectivity index (χ1n) is 5.59. The molecule has 0 unspecified atom stereocenters. The van der Waals surface area contributed by atoms with Crippen molar-refractivity contribution in [2.75, 3.05) is 24.5 Å². The van der Waals surface area contributed by atoms with Gasteiger partial charge in [0.2, 0.25) is 0 Å². The minimum atomic E-state index is 0.725. The van der Waals surface area contributed by atoms with Crippen LogP contribution in [0.3, 0.4) is 0 Å². The molecular formula is C11H19N3S. The molecule has 15 heavy (non-hydrogen) atoms. The Labute approximate surface area is 95.3 Å². The van der Waals surface area contributed by atoms with Gasteiger partial charge in [0.1, 0.15) is 0 Å². The summed E-state index contributed by atoms with van der Waals surface area (Å²) in [5.41, 5.74) is 6.86. The van der Waals surface area contributed by atoms with Crippen LogP contribution in [0.25, 0.3) is 0 Å². The summed E-state index contributed by atoms with van der Waals surface area (Å²) in [6, 6.07) is 0. The van der Waals surface area contributed by atoms with Crippen LogP contribution >= 0.6 is 11.3 Å². The second kappa shape index (κ2) is 4.49. The molecule has 0 aromatic carbocycles. The zero-order chi connectivity index (χ0) is 10.8. The van der Waals surface area contributed by atoms with Gasteiger partial charge in [-0.25, -0.2) is 4.98 Å². The van der Waals surface area contributed by atoms with E-state index in [-0.39, 0.29) is 0 Å². The summed E-state index contributed by atoms with van der Waals surface area (Å²) in [5.74, 6) is 0.725. The maximum absolute atomic E-state index is 5.68. The molecule has 2 rings (SSSR count). The lowest BCUT2D eigenvalue weighted by atomic mass is 9.98. The molecule has 1 saturated heterocycles. The van der Waals surface area contributed by atoms with Crippen molar-refractivity contribution < 1.29 is 0 Å². The molecule has 0 saturated carbocycles. The summed E-state index contributed by atoms with van der Waals surface area (Å²) in [4.78, 5) is 8.34. The standard InChI is InChI=1S/C11H19N3S/c1-8-9(2)15-11(13-8)14-5-3-10(7-12)4-6-14/h10H,3-7,12H2,1-2H3. The number of piperidine rings is 1. The lowest BCUT2D eigenvalue weighted by Crippen LogP contribution is -2.35. The van der Waals surface area contributed by atoms with E-state index in [1.165, 1.54) is 28.5 Å². The molecule has 0 bridgehead atoms. The molecule has 0 radical (unpaired) electrons. The van der Waals surface area contributed by atoms with Crippen LogP contribution in [0.5, 0.6) is 0 Å². The fourth-order valence-electron chi connectivity index (χ4n) is 1.95. The van der Waals surface area contributed by atoms with Crippen molar-refractivity contribution in [2.45, 2.75) is 26.7 Å². The van der Waals surface area contributed by atoms with Gasteiger partial charge in [0, 0.05) is 18.0 Å². The maximum atomic E-state index is 5.68. The number of thiazole rings is 1. The molecule has 84 valence electrons. The molecular weight excluding hydrogens is 206 g/mol. The number of nitrogens with zero attached hydrogens (tertiary/aromatic N) is 2. The molecule has 0 spiro atoms. The summed E-state index contributed by atoms with van der Waals surface area (Å²) in [6.45, 7) is 7.30. The fourth-order valence-corrected chi connectivity index (χ4v) is 2.91. The summed E-state index contributed by atoms with van der Waals surface area (Å²) < 4.78 is 0. The third kappa shape index (κ3) is 2.32. The van der Waals surface area contributed by atoms with E-state index in [0.29, 0.717) is 0 Å². The molecule has 2 N–H and O–H groups in total. The van der Waals surface area contributed by atoms with Gasteiger partial charge in [-0.1, -0.05) is 0 Å². The zero-order valence-electron chi connectivity index (χ0n) is 9.49. The molecule has 1 aromatic rings. The van der Waals surface area contributed by atoms with Gasteiger partial charge >= 0.3 is 0 Å². The van der Waals surface area contributed by atoms with Crippen LogP contribution in [0.15, 0.2) is 0 Å². The van der Waals surface area contributed by atoms with Gasteiger partial charge < -0.3 is 10.6 Å². The number of hydrogen-bond donors (Lipinski definition) is 1. The first-order valence-corrected chi connectivity index (χ1v) is 6.41. The summed E-state index contributed by atoms with van der Waals surface area (Å²) in [7, 11) is 0. The Kier molecular flexibility index (Phi) is 3.26. The van der Waals surface area contributed by atoms with Crippen molar-refractivity contribution in [1.82, 2.24) is 4.98 Å². The molecule has 1 aliphatic heterocycles. The molecule has 3 nitrogen and oxygen atoms in total. The summed E-state index contributed by atoms with van der Waals surface area (Å²) >= 11 is 1.81. The quantitative estimate of drug-likeness (QED) is 0.836. The molecule has 2 heterocycles. The maximum Gasteiger partial charge on any atom is 0.185 e. The highest BCUT2D eigenvalue weighted by Crippen LogP contribution is 2.28. The zero-order valence-corrected chi connectivity index (χ0v) is 10.3. The fraction of sp³-hybridized carbons (Fsp3) is 0.727. The summed E-state index contributed by atoms with van der Waals surface area (Å²) in [6.07, 6.45) is 2.43. The SMILES string of the molecule is Cc1nc(N2CCC(CN)CC2)sc1C.